The van der Waals surface area contributed by atoms with E-state index in [-0.39, 0.29) is 17.3 Å². The lowest BCUT2D eigenvalue weighted by Gasteiger charge is -2.34. The lowest BCUT2D eigenvalue weighted by Crippen LogP contribution is -2.37. The maximum absolute atomic E-state index is 15.5. The predicted octanol–water partition coefficient (Wildman–Crippen LogP) is 3.86. The zero-order valence-corrected chi connectivity index (χ0v) is 19.6. The first-order valence-corrected chi connectivity index (χ1v) is 11.3. The van der Waals surface area contributed by atoms with Crippen molar-refractivity contribution in [2.24, 2.45) is 0 Å². The van der Waals surface area contributed by atoms with Crippen LogP contribution < -0.4 is 10.6 Å². The number of aromatic nitrogens is 4. The van der Waals surface area contributed by atoms with Crippen molar-refractivity contribution in [2.75, 3.05) is 25.2 Å². The second-order valence-electron chi connectivity index (χ2n) is 9.04. The molecule has 0 N–H and O–H groups in total. The van der Waals surface area contributed by atoms with Crippen LogP contribution in [0.3, 0.4) is 0 Å². The number of halogens is 2. The average Bonchev–Trinajstić information content (AvgIpc) is 3.40. The Hall–Kier alpha value is -2.94. The summed E-state index contributed by atoms with van der Waals surface area (Å²) in [5.41, 5.74) is -0.796. The van der Waals surface area contributed by atoms with E-state index < -0.39 is 17.2 Å². The molecule has 33 heavy (non-hydrogen) atoms. The summed E-state index contributed by atoms with van der Waals surface area (Å²) in [5, 5.41) is 4.23. The summed E-state index contributed by atoms with van der Waals surface area (Å²) in [4.78, 5) is 15.2. The Balaban J connectivity index is 1.75. The number of ether oxygens (including phenoxy) is 1. The molecule has 0 radical (unpaired) electrons. The van der Waals surface area contributed by atoms with Crippen molar-refractivity contribution in [3.05, 3.63) is 64.3 Å². The molecule has 1 aliphatic rings. The van der Waals surface area contributed by atoms with Gasteiger partial charge in [-0.15, -0.1) is 0 Å². The van der Waals surface area contributed by atoms with Crippen LogP contribution in [0.4, 0.5) is 14.5 Å². The summed E-state index contributed by atoms with van der Waals surface area (Å²) in [5.74, 6) is -0.731. The lowest BCUT2D eigenvalue weighted by molar-refractivity contribution is 0.0854. The Morgan fingerprint density at radius 3 is 2.61 bits per heavy atom. The standard InChI is InChI=1S/C24H31F2N5O2/c1-5-30-16-17(14-27-30)15-29-8-9-31(23(29)32)21-13-19(12-20(22(21)25)24(2,3)26)28(4)18-6-10-33-11-7-18/h8-9,12-14,16,18H,5-7,10-11,15H2,1-4H3. The molecule has 0 atom stereocenters. The molecule has 3 aromatic rings. The zero-order valence-electron chi connectivity index (χ0n) is 19.6. The first kappa shape index (κ1) is 23.2. The van der Waals surface area contributed by atoms with Gasteiger partial charge >= 0.3 is 5.69 Å². The number of alkyl halides is 1. The van der Waals surface area contributed by atoms with Crippen LogP contribution in [0.25, 0.3) is 5.69 Å². The number of aryl methyl sites for hydroxylation is 1. The maximum atomic E-state index is 15.5. The van der Waals surface area contributed by atoms with Gasteiger partial charge in [-0.2, -0.15) is 5.10 Å². The molecule has 0 unspecified atom stereocenters. The van der Waals surface area contributed by atoms with Crippen LogP contribution in [0.5, 0.6) is 0 Å². The summed E-state index contributed by atoms with van der Waals surface area (Å²) >= 11 is 0. The molecule has 7 nitrogen and oxygen atoms in total. The van der Waals surface area contributed by atoms with Crippen molar-refractivity contribution in [3.63, 3.8) is 0 Å². The Labute approximate surface area is 192 Å². The molecule has 1 aromatic carbocycles. The van der Waals surface area contributed by atoms with E-state index in [9.17, 15) is 4.79 Å². The van der Waals surface area contributed by atoms with Crippen molar-refractivity contribution in [1.82, 2.24) is 18.9 Å². The second-order valence-corrected chi connectivity index (χ2v) is 9.04. The Kier molecular flexibility index (Phi) is 6.43. The molecule has 0 spiro atoms. The predicted molar refractivity (Wildman–Crippen MR) is 123 cm³/mol. The van der Waals surface area contributed by atoms with Gasteiger partial charge in [-0.25, -0.2) is 13.6 Å². The molecule has 2 aromatic heterocycles. The van der Waals surface area contributed by atoms with Gasteiger partial charge in [0.15, 0.2) is 5.82 Å². The number of imidazole rings is 1. The third kappa shape index (κ3) is 4.73. The summed E-state index contributed by atoms with van der Waals surface area (Å²) in [7, 11) is 1.92. The highest BCUT2D eigenvalue weighted by molar-refractivity contribution is 5.58. The van der Waals surface area contributed by atoms with Crippen LogP contribution in [0.1, 0.15) is 44.7 Å². The number of anilines is 1. The molecule has 1 fully saturated rings. The van der Waals surface area contributed by atoms with Crippen molar-refractivity contribution < 1.29 is 13.5 Å². The van der Waals surface area contributed by atoms with Crippen LogP contribution in [0.2, 0.25) is 0 Å². The fraction of sp³-hybridized carbons (Fsp3) is 0.500. The Morgan fingerprint density at radius 2 is 1.97 bits per heavy atom. The third-order valence-electron chi connectivity index (χ3n) is 6.30. The van der Waals surface area contributed by atoms with Crippen molar-refractivity contribution in [1.29, 1.82) is 0 Å². The van der Waals surface area contributed by atoms with Gasteiger partial charge in [0.25, 0.3) is 0 Å². The minimum Gasteiger partial charge on any atom is -0.381 e. The normalized spacial score (nSPS) is 15.2. The first-order valence-electron chi connectivity index (χ1n) is 11.3. The topological polar surface area (TPSA) is 57.2 Å². The molecule has 1 aliphatic heterocycles. The minimum absolute atomic E-state index is 0.0418. The number of rotatable bonds is 7. The molecule has 1 saturated heterocycles. The summed E-state index contributed by atoms with van der Waals surface area (Å²) in [6.07, 6.45) is 8.38. The fourth-order valence-corrected chi connectivity index (χ4v) is 4.26. The van der Waals surface area contributed by atoms with Crippen molar-refractivity contribution in [2.45, 2.75) is 58.4 Å². The van der Waals surface area contributed by atoms with Crippen LogP contribution in [0.15, 0.2) is 41.7 Å². The highest BCUT2D eigenvalue weighted by Crippen LogP contribution is 2.35. The van der Waals surface area contributed by atoms with Crippen molar-refractivity contribution >= 4 is 5.69 Å². The first-order chi connectivity index (χ1) is 15.7. The average molecular weight is 460 g/mol. The second kappa shape index (κ2) is 9.13. The highest BCUT2D eigenvalue weighted by atomic mass is 19.1. The van der Waals surface area contributed by atoms with E-state index in [2.05, 4.69) is 5.10 Å². The van der Waals surface area contributed by atoms with Gasteiger partial charge in [0.1, 0.15) is 5.67 Å². The largest absolute Gasteiger partial charge is 0.381 e. The molecule has 178 valence electrons. The molecule has 3 heterocycles. The number of benzene rings is 1. The molecule has 0 aliphatic carbocycles. The monoisotopic (exact) mass is 459 g/mol. The molecular formula is C24H31F2N5O2. The number of nitrogens with zero attached hydrogens (tertiary/aromatic N) is 5. The van der Waals surface area contributed by atoms with E-state index in [1.54, 1.807) is 29.2 Å². The van der Waals surface area contributed by atoms with E-state index in [0.29, 0.717) is 25.4 Å². The SMILES string of the molecule is CCn1cc(Cn2ccn(-c3cc(N(C)C4CCOCC4)cc(C(C)(C)F)c3F)c2=O)cn1. The van der Waals surface area contributed by atoms with Gasteiger partial charge in [0, 0.05) is 68.3 Å². The maximum Gasteiger partial charge on any atom is 0.333 e. The van der Waals surface area contributed by atoms with Crippen LogP contribution >= 0.6 is 0 Å². The third-order valence-corrected chi connectivity index (χ3v) is 6.30. The molecule has 0 saturated carbocycles. The van der Waals surface area contributed by atoms with Gasteiger partial charge in [-0.3, -0.25) is 13.8 Å². The zero-order chi connectivity index (χ0) is 23.8. The van der Waals surface area contributed by atoms with E-state index in [1.807, 2.05) is 25.1 Å². The lowest BCUT2D eigenvalue weighted by atomic mass is 9.96. The fourth-order valence-electron chi connectivity index (χ4n) is 4.26. The number of hydrogen-bond donors (Lipinski definition) is 0. The van der Waals surface area contributed by atoms with Crippen LogP contribution in [0, 0.1) is 5.82 Å². The molecular weight excluding hydrogens is 428 g/mol. The van der Waals surface area contributed by atoms with E-state index in [0.717, 1.165) is 24.9 Å². The van der Waals surface area contributed by atoms with Crippen LogP contribution in [-0.4, -0.2) is 45.2 Å². The van der Waals surface area contributed by atoms with E-state index >= 15 is 8.78 Å². The van der Waals surface area contributed by atoms with Gasteiger partial charge in [0.2, 0.25) is 0 Å². The Morgan fingerprint density at radius 1 is 1.24 bits per heavy atom. The van der Waals surface area contributed by atoms with Crippen LogP contribution in [-0.2, 0) is 23.5 Å². The Bertz CT molecular complexity index is 1170. The van der Waals surface area contributed by atoms with Crippen molar-refractivity contribution in [3.8, 4) is 5.69 Å². The summed E-state index contributed by atoms with van der Waals surface area (Å²) < 4.78 is 40.5. The summed E-state index contributed by atoms with van der Waals surface area (Å²) in [6.45, 7) is 6.99. The van der Waals surface area contributed by atoms with E-state index in [4.69, 9.17) is 4.74 Å². The van der Waals surface area contributed by atoms with Gasteiger partial charge in [0.05, 0.1) is 18.4 Å². The van der Waals surface area contributed by atoms with E-state index in [1.165, 1.54) is 29.2 Å². The van der Waals surface area contributed by atoms with Gasteiger partial charge in [-0.1, -0.05) is 0 Å². The smallest absolute Gasteiger partial charge is 0.333 e. The number of hydrogen-bond acceptors (Lipinski definition) is 4. The molecule has 0 bridgehead atoms. The molecule has 0 amide bonds. The van der Waals surface area contributed by atoms with Gasteiger partial charge in [-0.05, 0) is 45.7 Å². The quantitative estimate of drug-likeness (QED) is 0.538. The van der Waals surface area contributed by atoms with Gasteiger partial charge < -0.3 is 9.64 Å². The molecule has 9 heteroatoms. The minimum atomic E-state index is -1.91. The molecule has 4 rings (SSSR count). The summed E-state index contributed by atoms with van der Waals surface area (Å²) in [6, 6.07) is 3.38. The highest BCUT2D eigenvalue weighted by Gasteiger charge is 2.29.